The molecule has 1 amide bonds. The van der Waals surface area contributed by atoms with Crippen LogP contribution in [0.2, 0.25) is 0 Å². The number of carbonyl (C=O) groups is 3. The monoisotopic (exact) mass is 369 g/mol. The summed E-state index contributed by atoms with van der Waals surface area (Å²) in [5.41, 5.74) is 0.402. The largest absolute Gasteiger partial charge is 0.426 e. The van der Waals surface area contributed by atoms with Crippen molar-refractivity contribution in [2.75, 3.05) is 6.54 Å². The first-order valence-electron chi connectivity index (χ1n) is 10.0. The molecule has 1 aromatic rings. The highest BCUT2D eigenvalue weighted by molar-refractivity contribution is 5.94. The third-order valence-electron chi connectivity index (χ3n) is 6.63. The van der Waals surface area contributed by atoms with E-state index < -0.39 is 0 Å². The summed E-state index contributed by atoms with van der Waals surface area (Å²) in [6, 6.07) is 6.50. The zero-order valence-electron chi connectivity index (χ0n) is 15.8. The van der Waals surface area contributed by atoms with Crippen molar-refractivity contribution in [1.82, 2.24) is 5.32 Å². The van der Waals surface area contributed by atoms with Crippen molar-refractivity contribution in [2.24, 2.45) is 23.2 Å². The van der Waals surface area contributed by atoms with Gasteiger partial charge in [-0.25, -0.2) is 0 Å². The summed E-state index contributed by atoms with van der Waals surface area (Å²) in [6.45, 7) is 1.80. The molecule has 5 nitrogen and oxygen atoms in total. The van der Waals surface area contributed by atoms with Crippen LogP contribution in [0, 0.1) is 23.2 Å². The molecule has 1 aromatic carbocycles. The van der Waals surface area contributed by atoms with Gasteiger partial charge in [-0.05, 0) is 87.5 Å². The first-order valence-corrected chi connectivity index (χ1v) is 10.0. The Balaban J connectivity index is 1.25. The fraction of sp³-hybridized carbons (Fsp3) is 0.591. The molecule has 0 aromatic heterocycles. The lowest BCUT2D eigenvalue weighted by Crippen LogP contribution is -2.53. The van der Waals surface area contributed by atoms with E-state index in [1.54, 1.807) is 24.3 Å². The Hall–Kier alpha value is -2.17. The van der Waals surface area contributed by atoms with Gasteiger partial charge in [0.25, 0.3) is 0 Å². The summed E-state index contributed by atoms with van der Waals surface area (Å²) >= 11 is 0. The maximum atomic E-state index is 12.8. The number of esters is 1. The molecule has 0 radical (unpaired) electrons. The number of rotatable bonds is 6. The summed E-state index contributed by atoms with van der Waals surface area (Å²) < 4.78 is 5.28. The first-order chi connectivity index (χ1) is 12.9. The second-order valence-corrected chi connectivity index (χ2v) is 8.76. The zero-order valence-corrected chi connectivity index (χ0v) is 15.8. The second-order valence-electron chi connectivity index (χ2n) is 8.76. The minimum atomic E-state index is -0.378. The Labute approximate surface area is 159 Å². The Morgan fingerprint density at radius 2 is 1.56 bits per heavy atom. The fourth-order valence-corrected chi connectivity index (χ4v) is 5.79. The van der Waals surface area contributed by atoms with E-state index >= 15 is 0 Å². The van der Waals surface area contributed by atoms with Gasteiger partial charge >= 0.3 is 5.97 Å². The van der Waals surface area contributed by atoms with Gasteiger partial charge in [-0.2, -0.15) is 0 Å². The molecule has 0 atom stereocenters. The number of ketones is 1. The molecule has 4 fully saturated rings. The molecule has 4 bridgehead atoms. The molecule has 1 N–H and O–H groups in total. The van der Waals surface area contributed by atoms with Crippen molar-refractivity contribution in [3.05, 3.63) is 29.8 Å². The van der Waals surface area contributed by atoms with E-state index in [4.69, 9.17) is 4.74 Å². The average molecular weight is 369 g/mol. The second kappa shape index (κ2) is 7.10. The Morgan fingerprint density at radius 1 is 1.00 bits per heavy atom. The van der Waals surface area contributed by atoms with Crippen molar-refractivity contribution < 1.29 is 19.1 Å². The highest BCUT2D eigenvalue weighted by Crippen LogP contribution is 2.60. The maximum Gasteiger partial charge on any atom is 0.312 e. The molecule has 4 aliphatic carbocycles. The standard InChI is InChI=1S/C22H27NO4/c1-14(24)18-2-4-19(5-3-18)27-20(25)6-7-23-21(26)22-11-15-8-16(12-22)10-17(9-15)13-22/h2-5,15-17H,6-13H2,1H3,(H,23,26). The number of nitrogens with one attached hydrogen (secondary N) is 1. The molecule has 27 heavy (non-hydrogen) atoms. The fourth-order valence-electron chi connectivity index (χ4n) is 5.79. The van der Waals surface area contributed by atoms with Crippen molar-refractivity contribution in [3.63, 3.8) is 0 Å². The van der Waals surface area contributed by atoms with Crippen LogP contribution in [0.5, 0.6) is 5.75 Å². The van der Waals surface area contributed by atoms with Gasteiger partial charge in [-0.3, -0.25) is 14.4 Å². The predicted molar refractivity (Wildman–Crippen MR) is 100 cm³/mol. The van der Waals surface area contributed by atoms with E-state index in [0.29, 0.717) is 17.9 Å². The summed E-state index contributed by atoms with van der Waals surface area (Å²) in [5.74, 6) is 2.33. The number of hydrogen-bond donors (Lipinski definition) is 1. The molecule has 0 aliphatic heterocycles. The molecule has 4 saturated carbocycles. The third-order valence-corrected chi connectivity index (χ3v) is 6.63. The molecule has 0 heterocycles. The molecular weight excluding hydrogens is 342 g/mol. The smallest absolute Gasteiger partial charge is 0.312 e. The van der Waals surface area contributed by atoms with Crippen molar-refractivity contribution in [2.45, 2.75) is 51.9 Å². The average Bonchev–Trinajstić information content (AvgIpc) is 2.61. The first kappa shape index (κ1) is 18.2. The number of hydrogen-bond acceptors (Lipinski definition) is 4. The predicted octanol–water partition coefficient (Wildman–Crippen LogP) is 3.52. The van der Waals surface area contributed by atoms with Gasteiger partial charge in [-0.1, -0.05) is 0 Å². The normalized spacial score (nSPS) is 30.8. The summed E-state index contributed by atoms with van der Waals surface area (Å²) in [7, 11) is 0. The number of Topliss-reactive ketones (excluding diaryl/α,β-unsaturated/α-hetero) is 1. The van der Waals surface area contributed by atoms with Gasteiger partial charge in [-0.15, -0.1) is 0 Å². The topological polar surface area (TPSA) is 72.5 Å². The number of benzene rings is 1. The highest BCUT2D eigenvalue weighted by Gasteiger charge is 2.54. The number of amides is 1. The van der Waals surface area contributed by atoms with Gasteiger partial charge in [0.05, 0.1) is 6.42 Å². The van der Waals surface area contributed by atoms with E-state index in [0.717, 1.165) is 37.0 Å². The molecule has 0 saturated heterocycles. The van der Waals surface area contributed by atoms with Crippen LogP contribution in [-0.2, 0) is 9.59 Å². The molecule has 144 valence electrons. The van der Waals surface area contributed by atoms with Crippen molar-refractivity contribution >= 4 is 17.7 Å². The van der Waals surface area contributed by atoms with E-state index in [1.165, 1.54) is 26.2 Å². The number of carbonyl (C=O) groups excluding carboxylic acids is 3. The minimum Gasteiger partial charge on any atom is -0.426 e. The quantitative estimate of drug-likeness (QED) is 0.473. The molecular formula is C22H27NO4. The SMILES string of the molecule is CC(=O)c1ccc(OC(=O)CCNC(=O)C23CC4CC(CC(C4)C2)C3)cc1. The third kappa shape index (κ3) is 3.78. The Morgan fingerprint density at radius 3 is 2.07 bits per heavy atom. The molecule has 4 aliphatic rings. The summed E-state index contributed by atoms with van der Waals surface area (Å²) in [4.78, 5) is 36.1. The lowest BCUT2D eigenvalue weighted by molar-refractivity contribution is -0.146. The maximum absolute atomic E-state index is 12.8. The van der Waals surface area contributed by atoms with Gasteiger partial charge in [0.15, 0.2) is 5.78 Å². The van der Waals surface area contributed by atoms with E-state index in [1.807, 2.05) is 0 Å². The van der Waals surface area contributed by atoms with Crippen LogP contribution in [0.25, 0.3) is 0 Å². The lowest BCUT2D eigenvalue weighted by atomic mass is 9.49. The molecule has 5 heteroatoms. The van der Waals surface area contributed by atoms with Crippen LogP contribution >= 0.6 is 0 Å². The highest BCUT2D eigenvalue weighted by atomic mass is 16.5. The Bertz CT molecular complexity index is 717. The van der Waals surface area contributed by atoms with Crippen molar-refractivity contribution in [1.29, 1.82) is 0 Å². The van der Waals surface area contributed by atoms with Gasteiger partial charge in [0, 0.05) is 17.5 Å². The summed E-state index contributed by atoms with van der Waals surface area (Å²) in [6.07, 6.45) is 7.14. The number of ether oxygens (including phenoxy) is 1. The van der Waals surface area contributed by atoms with Crippen LogP contribution < -0.4 is 10.1 Å². The zero-order chi connectivity index (χ0) is 19.0. The van der Waals surface area contributed by atoms with Crippen LogP contribution in [0.1, 0.15) is 62.2 Å². The molecule has 0 unspecified atom stereocenters. The lowest BCUT2D eigenvalue weighted by Gasteiger charge is -2.55. The van der Waals surface area contributed by atoms with Gasteiger partial charge in [0.2, 0.25) is 5.91 Å². The summed E-state index contributed by atoms with van der Waals surface area (Å²) in [5, 5.41) is 3.00. The Kier molecular flexibility index (Phi) is 4.79. The van der Waals surface area contributed by atoms with E-state index in [9.17, 15) is 14.4 Å². The van der Waals surface area contributed by atoms with Crippen LogP contribution in [-0.4, -0.2) is 24.2 Å². The van der Waals surface area contributed by atoms with Crippen LogP contribution in [0.3, 0.4) is 0 Å². The van der Waals surface area contributed by atoms with Crippen LogP contribution in [0.15, 0.2) is 24.3 Å². The van der Waals surface area contributed by atoms with E-state index in [-0.39, 0.29) is 29.5 Å². The van der Waals surface area contributed by atoms with Gasteiger partial charge in [0.1, 0.15) is 5.75 Å². The molecule has 5 rings (SSSR count). The molecule has 0 spiro atoms. The van der Waals surface area contributed by atoms with Crippen molar-refractivity contribution in [3.8, 4) is 5.75 Å². The minimum absolute atomic E-state index is 0.0275. The van der Waals surface area contributed by atoms with E-state index in [2.05, 4.69) is 5.32 Å². The van der Waals surface area contributed by atoms with Gasteiger partial charge < -0.3 is 10.1 Å². The van der Waals surface area contributed by atoms with Crippen LogP contribution in [0.4, 0.5) is 0 Å².